The average Bonchev–Trinajstić information content (AvgIpc) is 3.13. The maximum absolute atomic E-state index is 12.9. The first kappa shape index (κ1) is 19.3. The normalized spacial score (nSPS) is 24.2. The van der Waals surface area contributed by atoms with Gasteiger partial charge in [0, 0.05) is 44.1 Å². The van der Waals surface area contributed by atoms with Crippen molar-refractivity contribution in [2.45, 2.75) is 63.5 Å². The smallest absolute Gasteiger partial charge is 0.255 e. The molecule has 2 fully saturated rings. The van der Waals surface area contributed by atoms with Gasteiger partial charge < -0.3 is 15.3 Å². The van der Waals surface area contributed by atoms with Gasteiger partial charge in [-0.3, -0.25) is 4.79 Å². The van der Waals surface area contributed by atoms with Gasteiger partial charge in [-0.1, -0.05) is 32.1 Å². The van der Waals surface area contributed by atoms with E-state index in [2.05, 4.69) is 15.4 Å². The molecule has 2 N–H and O–H groups in total. The Morgan fingerprint density at radius 1 is 1.25 bits per heavy atom. The van der Waals surface area contributed by atoms with E-state index in [0.29, 0.717) is 13.0 Å². The summed E-state index contributed by atoms with van der Waals surface area (Å²) in [7, 11) is 0. The van der Waals surface area contributed by atoms with Crippen LogP contribution in [-0.4, -0.2) is 55.7 Å². The molecule has 7 nitrogen and oxygen atoms in total. The minimum Gasteiger partial charge on any atom is -0.379 e. The Hall–Kier alpha value is -1.99. The second-order valence-electron chi connectivity index (χ2n) is 8.38. The highest BCUT2D eigenvalue weighted by molar-refractivity contribution is 5.86. The highest BCUT2D eigenvalue weighted by Crippen LogP contribution is 2.28. The SMILES string of the molecule is O=C1N(CCC2CCCCC2)CCC[C@]1(O)CNCc1cnn2cccnc12. The summed E-state index contributed by atoms with van der Waals surface area (Å²) in [6, 6.07) is 1.84. The molecule has 2 aliphatic rings. The van der Waals surface area contributed by atoms with Crippen LogP contribution in [0, 0.1) is 5.92 Å². The lowest BCUT2D eigenvalue weighted by Gasteiger charge is -2.39. The number of aliphatic hydroxyl groups is 1. The van der Waals surface area contributed by atoms with Gasteiger partial charge in [0.25, 0.3) is 5.91 Å². The molecule has 7 heteroatoms. The van der Waals surface area contributed by atoms with Gasteiger partial charge in [-0.25, -0.2) is 9.50 Å². The van der Waals surface area contributed by atoms with Crippen molar-refractivity contribution in [1.82, 2.24) is 24.8 Å². The fraction of sp³-hybridized carbons (Fsp3) is 0.667. The first-order valence-corrected chi connectivity index (χ1v) is 10.7. The third kappa shape index (κ3) is 4.20. The molecule has 0 radical (unpaired) electrons. The van der Waals surface area contributed by atoms with Crippen LogP contribution in [0.4, 0.5) is 0 Å². The number of likely N-dealkylation sites (tertiary alicyclic amines) is 1. The maximum Gasteiger partial charge on any atom is 0.255 e. The predicted molar refractivity (Wildman–Crippen MR) is 107 cm³/mol. The quantitative estimate of drug-likeness (QED) is 0.763. The molecule has 1 aliphatic heterocycles. The van der Waals surface area contributed by atoms with Crippen LogP contribution >= 0.6 is 0 Å². The van der Waals surface area contributed by atoms with E-state index < -0.39 is 5.60 Å². The molecule has 2 aromatic rings. The number of hydrogen-bond donors (Lipinski definition) is 2. The summed E-state index contributed by atoms with van der Waals surface area (Å²) >= 11 is 0. The second-order valence-corrected chi connectivity index (χ2v) is 8.38. The van der Waals surface area contributed by atoms with Gasteiger partial charge in [0.2, 0.25) is 0 Å². The molecule has 28 heavy (non-hydrogen) atoms. The van der Waals surface area contributed by atoms with E-state index in [4.69, 9.17) is 0 Å². The molecule has 0 spiro atoms. The molecule has 0 bridgehead atoms. The van der Waals surface area contributed by atoms with E-state index in [-0.39, 0.29) is 12.5 Å². The fourth-order valence-electron chi connectivity index (χ4n) is 4.66. The third-order valence-electron chi connectivity index (χ3n) is 6.32. The highest BCUT2D eigenvalue weighted by Gasteiger charge is 2.41. The molecule has 2 aromatic heterocycles. The van der Waals surface area contributed by atoms with Crippen LogP contribution in [0.15, 0.2) is 24.7 Å². The van der Waals surface area contributed by atoms with E-state index in [0.717, 1.165) is 43.1 Å². The Bertz CT molecular complexity index is 801. The third-order valence-corrected chi connectivity index (χ3v) is 6.32. The molecule has 1 saturated heterocycles. The molecule has 152 valence electrons. The number of carbonyl (C=O) groups is 1. The number of aromatic nitrogens is 3. The van der Waals surface area contributed by atoms with Gasteiger partial charge in [0.05, 0.1) is 6.20 Å². The van der Waals surface area contributed by atoms with E-state index in [9.17, 15) is 9.90 Å². The fourth-order valence-corrected chi connectivity index (χ4v) is 4.66. The molecule has 1 atom stereocenters. The number of nitrogens with one attached hydrogen (secondary N) is 1. The van der Waals surface area contributed by atoms with Crippen LogP contribution in [0.3, 0.4) is 0 Å². The molecule has 1 saturated carbocycles. The molecular formula is C21H31N5O2. The summed E-state index contributed by atoms with van der Waals surface area (Å²) in [4.78, 5) is 19.2. The molecular weight excluding hydrogens is 354 g/mol. The van der Waals surface area contributed by atoms with Crippen LogP contribution < -0.4 is 5.32 Å². The lowest BCUT2D eigenvalue weighted by Crippen LogP contribution is -2.58. The average molecular weight is 386 g/mol. The lowest BCUT2D eigenvalue weighted by molar-refractivity contribution is -0.156. The number of hydrogen-bond acceptors (Lipinski definition) is 5. The Labute approximate surface area is 166 Å². The van der Waals surface area contributed by atoms with Crippen LogP contribution in [0.25, 0.3) is 5.65 Å². The van der Waals surface area contributed by atoms with Gasteiger partial charge in [-0.05, 0) is 31.2 Å². The van der Waals surface area contributed by atoms with Crippen LogP contribution in [0.5, 0.6) is 0 Å². The Morgan fingerprint density at radius 3 is 2.96 bits per heavy atom. The van der Waals surface area contributed by atoms with Gasteiger partial charge in [-0.2, -0.15) is 5.10 Å². The summed E-state index contributed by atoms with van der Waals surface area (Å²) < 4.78 is 1.73. The Kier molecular flexibility index (Phi) is 5.92. The van der Waals surface area contributed by atoms with Crippen LogP contribution in [0.1, 0.15) is 56.9 Å². The Morgan fingerprint density at radius 2 is 2.11 bits per heavy atom. The first-order chi connectivity index (χ1) is 13.7. The largest absolute Gasteiger partial charge is 0.379 e. The van der Waals surface area contributed by atoms with Crippen molar-refractivity contribution in [3.63, 3.8) is 0 Å². The van der Waals surface area contributed by atoms with E-state index in [1.54, 1.807) is 16.9 Å². The van der Waals surface area contributed by atoms with Gasteiger partial charge in [-0.15, -0.1) is 0 Å². The highest BCUT2D eigenvalue weighted by atomic mass is 16.3. The molecule has 0 unspecified atom stereocenters. The van der Waals surface area contributed by atoms with Crippen molar-refractivity contribution < 1.29 is 9.90 Å². The number of amides is 1. The summed E-state index contributed by atoms with van der Waals surface area (Å²) in [5.41, 5.74) is 0.453. The molecule has 0 aromatic carbocycles. The van der Waals surface area contributed by atoms with E-state index in [1.165, 1.54) is 32.1 Å². The zero-order valence-corrected chi connectivity index (χ0v) is 16.5. The minimum atomic E-state index is -1.30. The van der Waals surface area contributed by atoms with Crippen molar-refractivity contribution in [1.29, 1.82) is 0 Å². The number of carbonyl (C=O) groups excluding carboxylic acids is 1. The summed E-state index contributed by atoms with van der Waals surface area (Å²) in [5, 5.41) is 18.5. The van der Waals surface area contributed by atoms with E-state index in [1.807, 2.05) is 17.2 Å². The number of piperidine rings is 1. The van der Waals surface area contributed by atoms with Crippen molar-refractivity contribution in [3.05, 3.63) is 30.2 Å². The van der Waals surface area contributed by atoms with Crippen LogP contribution in [-0.2, 0) is 11.3 Å². The number of rotatable bonds is 7. The van der Waals surface area contributed by atoms with Crippen LogP contribution in [0.2, 0.25) is 0 Å². The minimum absolute atomic E-state index is 0.111. The summed E-state index contributed by atoms with van der Waals surface area (Å²) in [6.07, 6.45) is 14.4. The standard InChI is InChI=1S/C21H31N5O2/c27-20-21(28,9-4-11-25(20)13-8-17-6-2-1-3-7-17)16-22-14-18-15-24-26-12-5-10-23-19(18)26/h5,10,12,15,17,22,28H,1-4,6-9,11,13-14,16H2/t21-/m0/s1. The van der Waals surface area contributed by atoms with Crippen molar-refractivity contribution in [2.24, 2.45) is 5.92 Å². The van der Waals surface area contributed by atoms with Gasteiger partial charge in [0.1, 0.15) is 0 Å². The van der Waals surface area contributed by atoms with Gasteiger partial charge >= 0.3 is 0 Å². The number of fused-ring (bicyclic) bond motifs is 1. The topological polar surface area (TPSA) is 82.8 Å². The summed E-state index contributed by atoms with van der Waals surface area (Å²) in [5.74, 6) is 0.637. The monoisotopic (exact) mass is 385 g/mol. The van der Waals surface area contributed by atoms with Crippen molar-refractivity contribution in [2.75, 3.05) is 19.6 Å². The maximum atomic E-state index is 12.9. The second kappa shape index (κ2) is 8.57. The molecule has 1 amide bonds. The summed E-state index contributed by atoms with van der Waals surface area (Å²) in [6.45, 7) is 2.34. The Balaban J connectivity index is 1.30. The molecule has 3 heterocycles. The zero-order valence-electron chi connectivity index (χ0n) is 16.5. The van der Waals surface area contributed by atoms with Crippen molar-refractivity contribution in [3.8, 4) is 0 Å². The molecule has 4 rings (SSSR count). The predicted octanol–water partition coefficient (Wildman–Crippen LogP) is 2.14. The van der Waals surface area contributed by atoms with Crippen molar-refractivity contribution >= 4 is 11.6 Å². The first-order valence-electron chi connectivity index (χ1n) is 10.7. The van der Waals surface area contributed by atoms with Gasteiger partial charge in [0.15, 0.2) is 11.2 Å². The number of nitrogens with zero attached hydrogens (tertiary/aromatic N) is 4. The molecule has 1 aliphatic carbocycles. The van der Waals surface area contributed by atoms with E-state index >= 15 is 0 Å². The zero-order chi connectivity index (χ0) is 19.4. The lowest BCUT2D eigenvalue weighted by atomic mass is 9.86.